The number of carbonyl (C=O) groups excluding carboxylic acids is 1. The van der Waals surface area contributed by atoms with Gasteiger partial charge in [-0.2, -0.15) is 5.26 Å². The molecule has 7 nitrogen and oxygen atoms in total. The van der Waals surface area contributed by atoms with Crippen LogP contribution in [0.1, 0.15) is 59.1 Å². The van der Waals surface area contributed by atoms with Gasteiger partial charge in [0.05, 0.1) is 10.5 Å². The topological polar surface area (TPSA) is 108 Å². The van der Waals surface area contributed by atoms with Crippen molar-refractivity contribution in [1.82, 2.24) is 5.32 Å². The van der Waals surface area contributed by atoms with Crippen molar-refractivity contribution < 1.29 is 9.72 Å². The van der Waals surface area contributed by atoms with Crippen molar-refractivity contribution in [3.63, 3.8) is 0 Å². The van der Waals surface area contributed by atoms with Crippen LogP contribution in [-0.4, -0.2) is 15.9 Å². The summed E-state index contributed by atoms with van der Waals surface area (Å²) >= 11 is 6.80. The highest BCUT2D eigenvalue weighted by Gasteiger charge is 2.32. The zero-order chi connectivity index (χ0) is 22.9. The molecule has 1 aromatic carbocycles. The van der Waals surface area contributed by atoms with Crippen LogP contribution in [0.15, 0.2) is 18.2 Å². The molecule has 0 fully saturated rings. The van der Waals surface area contributed by atoms with Gasteiger partial charge in [0.25, 0.3) is 11.6 Å². The van der Waals surface area contributed by atoms with E-state index in [1.54, 1.807) is 0 Å². The normalized spacial score (nSPS) is 15.5. The number of amides is 1. The number of thiophene rings is 1. The van der Waals surface area contributed by atoms with Gasteiger partial charge < -0.3 is 5.32 Å². The molecule has 0 saturated carbocycles. The lowest BCUT2D eigenvalue weighted by atomic mass is 9.72. The van der Waals surface area contributed by atoms with Crippen LogP contribution in [0.25, 0.3) is 0 Å². The summed E-state index contributed by atoms with van der Waals surface area (Å²) in [5.74, 6) is 0.00728. The van der Waals surface area contributed by atoms with Gasteiger partial charge in [0.15, 0.2) is 5.11 Å². The largest absolute Gasteiger partial charge is 0.323 e. The van der Waals surface area contributed by atoms with E-state index >= 15 is 0 Å². The molecule has 0 bridgehead atoms. The Kier molecular flexibility index (Phi) is 6.43. The quantitative estimate of drug-likeness (QED) is 0.377. The first-order valence-corrected chi connectivity index (χ1v) is 11.2. The summed E-state index contributed by atoms with van der Waals surface area (Å²) in [5.41, 5.74) is 2.16. The first-order chi connectivity index (χ1) is 14.5. The lowest BCUT2D eigenvalue weighted by Gasteiger charge is -2.33. The summed E-state index contributed by atoms with van der Waals surface area (Å²) < 4.78 is 0. The first-order valence-electron chi connectivity index (χ1n) is 9.94. The molecule has 162 valence electrons. The van der Waals surface area contributed by atoms with Crippen LogP contribution in [-0.2, 0) is 12.8 Å². The van der Waals surface area contributed by atoms with Crippen LogP contribution >= 0.6 is 23.6 Å². The summed E-state index contributed by atoms with van der Waals surface area (Å²) in [6, 6.07) is 6.60. The van der Waals surface area contributed by atoms with E-state index in [0.29, 0.717) is 16.5 Å². The highest BCUT2D eigenvalue weighted by Crippen LogP contribution is 2.43. The molecule has 1 atom stereocenters. The highest BCUT2D eigenvalue weighted by atomic mass is 32.1. The number of anilines is 1. The number of benzene rings is 1. The number of hydrogen-bond acceptors (Lipinski definition) is 6. The summed E-state index contributed by atoms with van der Waals surface area (Å²) in [6.45, 7) is 8.24. The Balaban J connectivity index is 1.77. The second kappa shape index (κ2) is 8.73. The van der Waals surface area contributed by atoms with Crippen molar-refractivity contribution >= 4 is 45.3 Å². The van der Waals surface area contributed by atoms with E-state index in [9.17, 15) is 20.2 Å². The predicted molar refractivity (Wildman–Crippen MR) is 126 cm³/mol. The molecule has 1 amide bonds. The van der Waals surface area contributed by atoms with E-state index in [2.05, 4.69) is 37.5 Å². The number of nitro groups is 1. The van der Waals surface area contributed by atoms with Gasteiger partial charge in [0.2, 0.25) is 0 Å². The second-order valence-corrected chi connectivity index (χ2v) is 10.3. The van der Waals surface area contributed by atoms with Crippen LogP contribution < -0.4 is 10.6 Å². The van der Waals surface area contributed by atoms with Gasteiger partial charge in [-0.25, -0.2) is 0 Å². The minimum atomic E-state index is -0.536. The van der Waals surface area contributed by atoms with Crippen LogP contribution in [0.5, 0.6) is 0 Å². The Morgan fingerprint density at radius 3 is 2.71 bits per heavy atom. The molecule has 1 aliphatic rings. The number of nitrogens with one attached hydrogen (secondary N) is 2. The maximum atomic E-state index is 12.6. The van der Waals surface area contributed by atoms with E-state index < -0.39 is 10.8 Å². The molecule has 0 unspecified atom stereocenters. The molecular formula is C22H24N4O3S2. The van der Waals surface area contributed by atoms with Crippen molar-refractivity contribution in [3.8, 4) is 6.07 Å². The molecule has 3 rings (SSSR count). The Morgan fingerprint density at radius 1 is 1.39 bits per heavy atom. The lowest BCUT2D eigenvalue weighted by molar-refractivity contribution is -0.385. The molecule has 9 heteroatoms. The van der Waals surface area contributed by atoms with Crippen molar-refractivity contribution in [2.45, 2.75) is 47.0 Å². The Morgan fingerprint density at radius 2 is 2.10 bits per heavy atom. The van der Waals surface area contributed by atoms with E-state index in [4.69, 9.17) is 12.2 Å². The summed E-state index contributed by atoms with van der Waals surface area (Å²) in [4.78, 5) is 24.4. The third-order valence-corrected chi connectivity index (χ3v) is 7.18. The lowest BCUT2D eigenvalue weighted by Crippen LogP contribution is -2.34. The van der Waals surface area contributed by atoms with E-state index in [1.165, 1.54) is 41.3 Å². The number of rotatable bonds is 3. The zero-order valence-electron chi connectivity index (χ0n) is 17.9. The third kappa shape index (κ3) is 4.75. The van der Waals surface area contributed by atoms with E-state index in [1.807, 2.05) is 0 Å². The summed E-state index contributed by atoms with van der Waals surface area (Å²) in [6.07, 6.45) is 2.81. The molecular weight excluding hydrogens is 432 g/mol. The molecule has 0 saturated heterocycles. The van der Waals surface area contributed by atoms with Crippen molar-refractivity contribution in [1.29, 1.82) is 5.26 Å². The number of fused-ring (bicyclic) bond motifs is 1. The number of nitro benzene ring substituents is 1. The monoisotopic (exact) mass is 456 g/mol. The van der Waals surface area contributed by atoms with Gasteiger partial charge in [0, 0.05) is 22.1 Å². The molecule has 1 aromatic heterocycles. The number of hydrogen-bond donors (Lipinski definition) is 2. The molecule has 2 N–H and O–H groups in total. The average Bonchev–Trinajstić information content (AvgIpc) is 3.02. The standard InChI is InChI=1S/C22H24N4O3S2/c1-12-14(6-5-7-17(12)26(28)29)19(27)24-21(30)25-20-16(11-23)15-9-8-13(22(2,3)4)10-18(15)31-20/h5-7,13H,8-10H2,1-4H3,(H2,24,25,27,30)/t13-/m1/s1. The highest BCUT2D eigenvalue weighted by molar-refractivity contribution is 7.80. The first kappa shape index (κ1) is 22.8. The van der Waals surface area contributed by atoms with Gasteiger partial charge in [-0.1, -0.05) is 26.8 Å². The maximum Gasteiger partial charge on any atom is 0.273 e. The Bertz CT molecular complexity index is 1110. The molecule has 0 spiro atoms. The molecule has 2 aromatic rings. The summed E-state index contributed by atoms with van der Waals surface area (Å²) in [7, 11) is 0. The molecule has 1 heterocycles. The van der Waals surface area contributed by atoms with Gasteiger partial charge in [-0.3, -0.25) is 20.2 Å². The van der Waals surface area contributed by atoms with Crippen LogP contribution in [0.3, 0.4) is 0 Å². The number of thiocarbonyl (C=S) groups is 1. The molecule has 0 radical (unpaired) electrons. The van der Waals surface area contributed by atoms with Crippen molar-refractivity contribution in [3.05, 3.63) is 55.4 Å². The number of nitriles is 1. The predicted octanol–water partition coefficient (Wildman–Crippen LogP) is 5.11. The number of nitrogens with zero attached hydrogens (tertiary/aromatic N) is 2. The summed E-state index contributed by atoms with van der Waals surface area (Å²) in [5, 5.41) is 27.1. The Hall–Kier alpha value is -2.83. The molecule has 1 aliphatic carbocycles. The van der Waals surface area contributed by atoms with Crippen LogP contribution in [0, 0.1) is 39.7 Å². The van der Waals surface area contributed by atoms with E-state index in [0.717, 1.165) is 24.8 Å². The van der Waals surface area contributed by atoms with Gasteiger partial charge in [-0.15, -0.1) is 11.3 Å². The van der Waals surface area contributed by atoms with Crippen LogP contribution in [0.2, 0.25) is 0 Å². The van der Waals surface area contributed by atoms with Crippen molar-refractivity contribution in [2.75, 3.05) is 5.32 Å². The second-order valence-electron chi connectivity index (χ2n) is 8.74. The zero-order valence-corrected chi connectivity index (χ0v) is 19.5. The molecule has 0 aliphatic heterocycles. The van der Waals surface area contributed by atoms with Gasteiger partial charge in [-0.05, 0) is 61.4 Å². The molecule has 31 heavy (non-hydrogen) atoms. The van der Waals surface area contributed by atoms with Crippen LogP contribution in [0.4, 0.5) is 10.7 Å². The fourth-order valence-corrected chi connectivity index (χ4v) is 5.45. The van der Waals surface area contributed by atoms with Crippen molar-refractivity contribution in [2.24, 2.45) is 11.3 Å². The minimum absolute atomic E-state index is 0.0541. The number of carbonyl (C=O) groups is 1. The maximum absolute atomic E-state index is 12.6. The average molecular weight is 457 g/mol. The van der Waals surface area contributed by atoms with Gasteiger partial charge >= 0.3 is 0 Å². The fraction of sp³-hybridized carbons (Fsp3) is 0.409. The SMILES string of the molecule is Cc1c(C(=O)NC(=S)Nc2sc3c(c2C#N)CC[C@@H](C(C)(C)C)C3)cccc1[N+](=O)[O-]. The minimum Gasteiger partial charge on any atom is -0.323 e. The fourth-order valence-electron chi connectivity index (χ4n) is 3.90. The Labute approximate surface area is 190 Å². The van der Waals surface area contributed by atoms with Gasteiger partial charge in [0.1, 0.15) is 11.1 Å². The third-order valence-electron chi connectivity index (χ3n) is 5.80. The van der Waals surface area contributed by atoms with E-state index in [-0.39, 0.29) is 27.3 Å². The smallest absolute Gasteiger partial charge is 0.273 e.